The van der Waals surface area contributed by atoms with Gasteiger partial charge in [-0.3, -0.25) is 0 Å². The zero-order valence-corrected chi connectivity index (χ0v) is 17.0. The first kappa shape index (κ1) is 20.6. The fourth-order valence-electron chi connectivity index (χ4n) is 5.26. The minimum absolute atomic E-state index is 0.472. The van der Waals surface area contributed by atoms with Crippen LogP contribution in [0, 0.1) is 29.4 Å². The summed E-state index contributed by atoms with van der Waals surface area (Å²) in [5, 5.41) is 0. The molecule has 0 radical (unpaired) electrons. The molecule has 1 unspecified atom stereocenters. The third-order valence-corrected chi connectivity index (χ3v) is 7.02. The van der Waals surface area contributed by atoms with Gasteiger partial charge in [-0.05, 0) is 61.5 Å². The Balaban J connectivity index is 1.43. The maximum atomic E-state index is 14.0. The average molecular weight is 375 g/mol. The lowest BCUT2D eigenvalue weighted by atomic mass is 9.70. The van der Waals surface area contributed by atoms with Crippen LogP contribution < -0.4 is 0 Å². The van der Waals surface area contributed by atoms with Crippen LogP contribution in [0.5, 0.6) is 0 Å². The molecule has 0 amide bonds. The maximum absolute atomic E-state index is 14.0. The van der Waals surface area contributed by atoms with Gasteiger partial charge in [0.25, 0.3) is 0 Å². The number of benzene rings is 1. The van der Waals surface area contributed by atoms with E-state index in [-0.39, 0.29) is 0 Å². The van der Waals surface area contributed by atoms with Crippen molar-refractivity contribution in [2.24, 2.45) is 17.8 Å². The van der Waals surface area contributed by atoms with Crippen LogP contribution in [0.4, 0.5) is 8.78 Å². The molecule has 27 heavy (non-hydrogen) atoms. The molecule has 2 aliphatic rings. The Morgan fingerprint density at radius 3 is 2.37 bits per heavy atom. The third-order valence-electron chi connectivity index (χ3n) is 7.02. The van der Waals surface area contributed by atoms with Crippen LogP contribution in [0.2, 0.25) is 0 Å². The van der Waals surface area contributed by atoms with Crippen molar-refractivity contribution < 1.29 is 8.78 Å². The summed E-state index contributed by atoms with van der Waals surface area (Å²) in [6, 6.07) is 4.54. The van der Waals surface area contributed by atoms with E-state index in [1.807, 2.05) is 0 Å². The number of unbranched alkanes of at least 4 members (excludes halogenated alkanes) is 4. The van der Waals surface area contributed by atoms with Gasteiger partial charge < -0.3 is 0 Å². The fraction of sp³-hybridized carbons (Fsp3) is 0.680. The second kappa shape index (κ2) is 10.4. The van der Waals surface area contributed by atoms with Crippen molar-refractivity contribution in [2.75, 3.05) is 0 Å². The van der Waals surface area contributed by atoms with Crippen molar-refractivity contribution >= 4 is 5.57 Å². The van der Waals surface area contributed by atoms with Gasteiger partial charge in [-0.25, -0.2) is 8.78 Å². The zero-order chi connectivity index (χ0) is 19.1. The lowest BCUT2D eigenvalue weighted by molar-refractivity contribution is 0.187. The van der Waals surface area contributed by atoms with E-state index in [2.05, 4.69) is 13.0 Å². The van der Waals surface area contributed by atoms with E-state index in [4.69, 9.17) is 0 Å². The molecule has 150 valence electrons. The molecule has 1 fully saturated rings. The van der Waals surface area contributed by atoms with Gasteiger partial charge in [0.1, 0.15) is 0 Å². The zero-order valence-electron chi connectivity index (χ0n) is 17.0. The highest BCUT2D eigenvalue weighted by molar-refractivity contribution is 5.66. The topological polar surface area (TPSA) is 0 Å². The summed E-state index contributed by atoms with van der Waals surface area (Å²) in [5.74, 6) is 1.14. The lowest BCUT2D eigenvalue weighted by Crippen LogP contribution is -2.23. The summed E-state index contributed by atoms with van der Waals surface area (Å²) in [6.45, 7) is 2.28. The maximum Gasteiger partial charge on any atom is 0.166 e. The van der Waals surface area contributed by atoms with Crippen LogP contribution in [-0.4, -0.2) is 0 Å². The Hall–Kier alpha value is -1.18. The van der Waals surface area contributed by atoms with Gasteiger partial charge >= 0.3 is 0 Å². The lowest BCUT2D eigenvalue weighted by Gasteiger charge is -2.35. The van der Waals surface area contributed by atoms with Crippen LogP contribution in [-0.2, 0) is 0 Å². The molecule has 0 N–H and O–H groups in total. The van der Waals surface area contributed by atoms with Gasteiger partial charge in [0.2, 0.25) is 0 Å². The van der Waals surface area contributed by atoms with Gasteiger partial charge in [-0.1, -0.05) is 76.5 Å². The number of halogens is 2. The van der Waals surface area contributed by atoms with Crippen molar-refractivity contribution in [3.8, 4) is 0 Å². The van der Waals surface area contributed by atoms with E-state index in [0.29, 0.717) is 5.56 Å². The standard InChI is InChI=1S/C25H36F2/c1-2-3-4-5-6-8-19-11-13-20(14-12-19)21-15-17-22(18-16-21)23-9-7-10-24(26)25(23)27/h7,9-10,17,19-21H,2-6,8,11-16,18H2,1H3. The second-order valence-corrected chi connectivity index (χ2v) is 8.85. The van der Waals surface area contributed by atoms with E-state index in [1.165, 1.54) is 70.3 Å². The fourth-order valence-corrected chi connectivity index (χ4v) is 5.26. The SMILES string of the molecule is CCCCCCCC1CCC(C2CC=C(c3cccc(F)c3F)CC2)CC1. The monoisotopic (exact) mass is 374 g/mol. The molecule has 0 saturated heterocycles. The van der Waals surface area contributed by atoms with Crippen LogP contribution in [0.1, 0.15) is 96.0 Å². The first-order valence-corrected chi connectivity index (χ1v) is 11.3. The van der Waals surface area contributed by atoms with E-state index >= 15 is 0 Å². The molecule has 2 heteroatoms. The summed E-state index contributed by atoms with van der Waals surface area (Å²) in [7, 11) is 0. The second-order valence-electron chi connectivity index (χ2n) is 8.85. The van der Waals surface area contributed by atoms with E-state index in [1.54, 1.807) is 12.1 Å². The van der Waals surface area contributed by atoms with E-state index in [0.717, 1.165) is 42.6 Å². The van der Waals surface area contributed by atoms with Crippen LogP contribution >= 0.6 is 0 Å². The van der Waals surface area contributed by atoms with E-state index < -0.39 is 11.6 Å². The summed E-state index contributed by atoms with van der Waals surface area (Å²) in [4.78, 5) is 0. The predicted octanol–water partition coefficient (Wildman–Crippen LogP) is 8.32. The molecule has 0 aliphatic heterocycles. The third kappa shape index (κ3) is 5.65. The molecule has 2 aliphatic carbocycles. The number of rotatable bonds is 8. The molecule has 1 atom stereocenters. The van der Waals surface area contributed by atoms with Gasteiger partial charge in [0.05, 0.1) is 0 Å². The molecule has 1 aromatic rings. The first-order chi connectivity index (χ1) is 13.2. The highest BCUT2D eigenvalue weighted by Gasteiger charge is 2.29. The quantitative estimate of drug-likeness (QED) is 0.401. The number of hydrogen-bond donors (Lipinski definition) is 0. The normalized spacial score (nSPS) is 26.0. The van der Waals surface area contributed by atoms with Gasteiger partial charge in [-0.2, -0.15) is 0 Å². The Bertz CT molecular complexity index is 611. The minimum atomic E-state index is -0.733. The summed E-state index contributed by atoms with van der Waals surface area (Å²) in [5.41, 5.74) is 1.48. The molecule has 0 spiro atoms. The first-order valence-electron chi connectivity index (χ1n) is 11.3. The molecule has 0 bridgehead atoms. The highest BCUT2D eigenvalue weighted by Crippen LogP contribution is 2.42. The molecule has 3 rings (SSSR count). The summed E-state index contributed by atoms with van der Waals surface area (Å²) < 4.78 is 27.5. The Morgan fingerprint density at radius 1 is 0.889 bits per heavy atom. The van der Waals surface area contributed by atoms with Gasteiger partial charge in [0, 0.05) is 5.56 Å². The van der Waals surface area contributed by atoms with Crippen molar-refractivity contribution in [1.82, 2.24) is 0 Å². The Morgan fingerprint density at radius 2 is 1.67 bits per heavy atom. The van der Waals surface area contributed by atoms with Crippen LogP contribution in [0.25, 0.3) is 5.57 Å². The molecule has 1 saturated carbocycles. The molecule has 0 aromatic heterocycles. The summed E-state index contributed by atoms with van der Waals surface area (Å²) in [6.07, 6.45) is 19.2. The predicted molar refractivity (Wildman–Crippen MR) is 111 cm³/mol. The average Bonchev–Trinajstić information content (AvgIpc) is 2.71. The number of hydrogen-bond acceptors (Lipinski definition) is 0. The van der Waals surface area contributed by atoms with Gasteiger partial charge in [0.15, 0.2) is 11.6 Å². The van der Waals surface area contributed by atoms with Crippen molar-refractivity contribution in [3.63, 3.8) is 0 Å². The Kier molecular flexibility index (Phi) is 7.91. The molecule has 1 aromatic carbocycles. The van der Waals surface area contributed by atoms with Gasteiger partial charge in [-0.15, -0.1) is 0 Å². The van der Waals surface area contributed by atoms with Crippen LogP contribution in [0.3, 0.4) is 0 Å². The number of allylic oxidation sites excluding steroid dienone is 2. The van der Waals surface area contributed by atoms with Crippen molar-refractivity contribution in [2.45, 2.75) is 90.4 Å². The largest absolute Gasteiger partial charge is 0.204 e. The van der Waals surface area contributed by atoms with Crippen molar-refractivity contribution in [1.29, 1.82) is 0 Å². The molecule has 0 nitrogen and oxygen atoms in total. The highest BCUT2D eigenvalue weighted by atomic mass is 19.2. The smallest absolute Gasteiger partial charge is 0.166 e. The van der Waals surface area contributed by atoms with Crippen molar-refractivity contribution in [3.05, 3.63) is 41.5 Å². The summed E-state index contributed by atoms with van der Waals surface area (Å²) >= 11 is 0. The molecule has 0 heterocycles. The van der Waals surface area contributed by atoms with Crippen LogP contribution in [0.15, 0.2) is 24.3 Å². The molecular weight excluding hydrogens is 338 g/mol. The molecular formula is C25H36F2. The van der Waals surface area contributed by atoms with E-state index in [9.17, 15) is 8.78 Å². The Labute approximate surface area is 164 Å². The minimum Gasteiger partial charge on any atom is -0.204 e.